The highest BCUT2D eigenvalue weighted by molar-refractivity contribution is 5.83. The van der Waals surface area contributed by atoms with E-state index >= 15 is 0 Å². The van der Waals surface area contributed by atoms with E-state index in [9.17, 15) is 4.79 Å². The number of piperidine rings is 1. The van der Waals surface area contributed by atoms with Crippen molar-refractivity contribution in [3.63, 3.8) is 0 Å². The van der Waals surface area contributed by atoms with E-state index in [4.69, 9.17) is 5.11 Å². The number of aromatic carboxylic acids is 1. The zero-order chi connectivity index (χ0) is 13.1. The first-order chi connectivity index (χ1) is 8.59. The van der Waals surface area contributed by atoms with Gasteiger partial charge in [0, 0.05) is 12.6 Å². The largest absolute Gasteiger partial charge is 0.475 e. The van der Waals surface area contributed by atoms with Gasteiger partial charge in [0.1, 0.15) is 0 Å². The molecular formula is C13H21N3O2. The molecule has 2 rings (SSSR count). The highest BCUT2D eigenvalue weighted by Crippen LogP contribution is 2.18. The van der Waals surface area contributed by atoms with Crippen LogP contribution in [0.5, 0.6) is 0 Å². The van der Waals surface area contributed by atoms with E-state index in [1.807, 2.05) is 18.4 Å². The number of carbonyl (C=O) groups is 1. The van der Waals surface area contributed by atoms with E-state index in [2.05, 4.69) is 9.88 Å². The fraction of sp³-hybridized carbons (Fsp3) is 0.692. The summed E-state index contributed by atoms with van der Waals surface area (Å²) in [5.41, 5.74) is 1.00. The second-order valence-corrected chi connectivity index (χ2v) is 5.18. The van der Waals surface area contributed by atoms with Crippen molar-refractivity contribution in [1.82, 2.24) is 14.5 Å². The average Bonchev–Trinajstić information content (AvgIpc) is 2.74. The van der Waals surface area contributed by atoms with Gasteiger partial charge in [-0.2, -0.15) is 0 Å². The van der Waals surface area contributed by atoms with Gasteiger partial charge in [-0.1, -0.05) is 6.42 Å². The lowest BCUT2D eigenvalue weighted by atomic mass is 10.1. The second-order valence-electron chi connectivity index (χ2n) is 5.18. The monoisotopic (exact) mass is 251 g/mol. The summed E-state index contributed by atoms with van der Waals surface area (Å²) >= 11 is 0. The molecule has 5 nitrogen and oxygen atoms in total. The van der Waals surface area contributed by atoms with E-state index in [-0.39, 0.29) is 11.9 Å². The molecule has 1 saturated heterocycles. The molecule has 1 aromatic rings. The van der Waals surface area contributed by atoms with E-state index in [0.717, 1.165) is 25.3 Å². The summed E-state index contributed by atoms with van der Waals surface area (Å²) in [6.45, 7) is 7.00. The Hall–Kier alpha value is -1.36. The van der Waals surface area contributed by atoms with E-state index in [1.54, 1.807) is 6.20 Å². The first kappa shape index (κ1) is 13.1. The number of carboxylic acid groups (broad SMARTS) is 1. The maximum absolute atomic E-state index is 11.1. The maximum atomic E-state index is 11.1. The van der Waals surface area contributed by atoms with Crippen LogP contribution in [0, 0.1) is 0 Å². The average molecular weight is 251 g/mol. The molecule has 1 fully saturated rings. The zero-order valence-electron chi connectivity index (χ0n) is 11.1. The van der Waals surface area contributed by atoms with Gasteiger partial charge in [0.05, 0.1) is 11.9 Å². The van der Waals surface area contributed by atoms with Crippen LogP contribution < -0.4 is 0 Å². The topological polar surface area (TPSA) is 58.4 Å². The molecule has 0 bridgehead atoms. The van der Waals surface area contributed by atoms with Crippen LogP contribution in [0.1, 0.15) is 55.5 Å². The predicted octanol–water partition coefficient (Wildman–Crippen LogP) is 2.15. The number of nitrogens with zero attached hydrogens (tertiary/aromatic N) is 3. The Morgan fingerprint density at radius 2 is 2.06 bits per heavy atom. The summed E-state index contributed by atoms with van der Waals surface area (Å²) in [5, 5.41) is 9.14. The highest BCUT2D eigenvalue weighted by atomic mass is 16.4. The molecule has 0 radical (unpaired) electrons. The van der Waals surface area contributed by atoms with E-state index in [1.165, 1.54) is 19.3 Å². The number of hydrogen-bond donors (Lipinski definition) is 1. The Bertz CT molecular complexity index is 420. The Morgan fingerprint density at radius 3 is 2.61 bits per heavy atom. The maximum Gasteiger partial charge on any atom is 0.372 e. The van der Waals surface area contributed by atoms with Crippen LogP contribution in [0.15, 0.2) is 6.20 Å². The third-order valence-electron chi connectivity index (χ3n) is 3.42. The number of imidazole rings is 1. The smallest absolute Gasteiger partial charge is 0.372 e. The van der Waals surface area contributed by atoms with Crippen molar-refractivity contribution < 1.29 is 9.90 Å². The Labute approximate surface area is 107 Å². The van der Waals surface area contributed by atoms with Gasteiger partial charge in [-0.3, -0.25) is 4.90 Å². The molecule has 1 aliphatic heterocycles. The molecule has 0 atom stereocenters. The van der Waals surface area contributed by atoms with Gasteiger partial charge < -0.3 is 9.67 Å². The van der Waals surface area contributed by atoms with Crippen molar-refractivity contribution in [3.05, 3.63) is 17.7 Å². The SMILES string of the molecule is CC(C)n1c(CN2CCCCC2)cnc1C(=O)O. The van der Waals surface area contributed by atoms with Crippen molar-refractivity contribution in [2.45, 2.75) is 45.7 Å². The second kappa shape index (κ2) is 5.52. The summed E-state index contributed by atoms with van der Waals surface area (Å²) in [6, 6.07) is 0.124. The molecule has 1 aliphatic rings. The van der Waals surface area contributed by atoms with Crippen LogP contribution in [0.3, 0.4) is 0 Å². The molecule has 0 amide bonds. The molecule has 18 heavy (non-hydrogen) atoms. The van der Waals surface area contributed by atoms with Gasteiger partial charge in [0.15, 0.2) is 0 Å². The predicted molar refractivity (Wildman–Crippen MR) is 68.7 cm³/mol. The van der Waals surface area contributed by atoms with Gasteiger partial charge in [-0.05, 0) is 39.8 Å². The first-order valence-electron chi connectivity index (χ1n) is 6.61. The van der Waals surface area contributed by atoms with Crippen molar-refractivity contribution >= 4 is 5.97 Å². The first-order valence-corrected chi connectivity index (χ1v) is 6.61. The van der Waals surface area contributed by atoms with Crippen LogP contribution >= 0.6 is 0 Å². The van der Waals surface area contributed by atoms with Gasteiger partial charge in [-0.15, -0.1) is 0 Å². The van der Waals surface area contributed by atoms with E-state index < -0.39 is 5.97 Å². The number of aromatic nitrogens is 2. The summed E-state index contributed by atoms with van der Waals surface area (Å²) in [4.78, 5) is 17.6. The minimum atomic E-state index is -0.950. The van der Waals surface area contributed by atoms with Crippen LogP contribution in [-0.2, 0) is 6.54 Å². The molecule has 0 saturated carbocycles. The summed E-state index contributed by atoms with van der Waals surface area (Å²) in [5.74, 6) is -0.800. The normalized spacial score (nSPS) is 17.3. The summed E-state index contributed by atoms with van der Waals surface area (Å²) in [6.07, 6.45) is 5.49. The number of likely N-dealkylation sites (tertiary alicyclic amines) is 1. The van der Waals surface area contributed by atoms with E-state index in [0.29, 0.717) is 0 Å². The third-order valence-corrected chi connectivity index (χ3v) is 3.42. The molecule has 1 N–H and O–H groups in total. The molecule has 5 heteroatoms. The van der Waals surface area contributed by atoms with Gasteiger partial charge in [-0.25, -0.2) is 9.78 Å². The summed E-state index contributed by atoms with van der Waals surface area (Å²) < 4.78 is 1.83. The number of carboxylic acids is 1. The number of rotatable bonds is 4. The standard InChI is InChI=1S/C13H21N3O2/c1-10(2)16-11(8-14-12(16)13(17)18)9-15-6-4-3-5-7-15/h8,10H,3-7,9H2,1-2H3,(H,17,18). The molecule has 0 aromatic carbocycles. The molecular weight excluding hydrogens is 230 g/mol. The molecule has 2 heterocycles. The van der Waals surface area contributed by atoms with Crippen molar-refractivity contribution in [3.8, 4) is 0 Å². The lowest BCUT2D eigenvalue weighted by molar-refractivity contribution is 0.0675. The quantitative estimate of drug-likeness (QED) is 0.890. The molecule has 0 unspecified atom stereocenters. The Balaban J connectivity index is 2.19. The zero-order valence-corrected chi connectivity index (χ0v) is 11.1. The molecule has 100 valence electrons. The van der Waals surface area contributed by atoms with Crippen LogP contribution in [0.2, 0.25) is 0 Å². The van der Waals surface area contributed by atoms with Crippen molar-refractivity contribution in [1.29, 1.82) is 0 Å². The van der Waals surface area contributed by atoms with Gasteiger partial charge >= 0.3 is 5.97 Å². The van der Waals surface area contributed by atoms with Crippen LogP contribution in [0.25, 0.3) is 0 Å². The lowest BCUT2D eigenvalue weighted by Gasteiger charge is -2.27. The number of hydrogen-bond acceptors (Lipinski definition) is 3. The molecule has 1 aromatic heterocycles. The van der Waals surface area contributed by atoms with Crippen molar-refractivity contribution in [2.24, 2.45) is 0 Å². The highest BCUT2D eigenvalue weighted by Gasteiger charge is 2.20. The Kier molecular flexibility index (Phi) is 4.01. The summed E-state index contributed by atoms with van der Waals surface area (Å²) in [7, 11) is 0. The lowest BCUT2D eigenvalue weighted by Crippen LogP contribution is -2.30. The fourth-order valence-electron chi connectivity index (χ4n) is 2.59. The molecule has 0 spiro atoms. The van der Waals surface area contributed by atoms with Crippen molar-refractivity contribution in [2.75, 3.05) is 13.1 Å². The fourth-order valence-corrected chi connectivity index (χ4v) is 2.59. The van der Waals surface area contributed by atoms with Crippen LogP contribution in [-0.4, -0.2) is 38.6 Å². The Morgan fingerprint density at radius 1 is 1.39 bits per heavy atom. The third kappa shape index (κ3) is 2.72. The van der Waals surface area contributed by atoms with Gasteiger partial charge in [0.25, 0.3) is 0 Å². The van der Waals surface area contributed by atoms with Crippen LogP contribution in [0.4, 0.5) is 0 Å². The molecule has 0 aliphatic carbocycles. The minimum absolute atomic E-state index is 0.124. The van der Waals surface area contributed by atoms with Gasteiger partial charge in [0.2, 0.25) is 5.82 Å². The minimum Gasteiger partial charge on any atom is -0.475 e.